The van der Waals surface area contributed by atoms with Gasteiger partial charge >= 0.3 is 0 Å². The maximum Gasteiger partial charge on any atom is 0.127 e. The van der Waals surface area contributed by atoms with Crippen LogP contribution in [0.4, 0.5) is 4.39 Å². The molecular weight excluding hydrogens is 255 g/mol. The van der Waals surface area contributed by atoms with Crippen LogP contribution in [-0.2, 0) is 13.5 Å². The second-order valence-corrected chi connectivity index (χ2v) is 4.49. The highest BCUT2D eigenvalue weighted by Gasteiger charge is 2.16. The number of hydrogen-bond donors (Lipinski definition) is 2. The van der Waals surface area contributed by atoms with Gasteiger partial charge in [-0.15, -0.1) is 0 Å². The highest BCUT2D eigenvalue weighted by Crippen LogP contribution is 2.20. The molecule has 2 rings (SSSR count). The van der Waals surface area contributed by atoms with Crippen LogP contribution in [0, 0.1) is 5.82 Å². The van der Waals surface area contributed by atoms with Gasteiger partial charge in [0.15, 0.2) is 0 Å². The minimum Gasteiger partial charge on any atom is -0.337 e. The molecule has 0 spiro atoms. The SMILES string of the molecule is Cn1ccnc1C(Cc1ccc(Cl)cc1F)NN. The number of nitrogens with zero attached hydrogens (tertiary/aromatic N) is 2. The molecule has 0 aliphatic heterocycles. The van der Waals surface area contributed by atoms with Gasteiger partial charge in [-0.05, 0) is 24.1 Å². The zero-order valence-electron chi connectivity index (χ0n) is 9.90. The Bertz CT molecular complexity index is 541. The van der Waals surface area contributed by atoms with Gasteiger partial charge in [0, 0.05) is 24.5 Å². The van der Waals surface area contributed by atoms with Crippen molar-refractivity contribution in [3.63, 3.8) is 0 Å². The van der Waals surface area contributed by atoms with Gasteiger partial charge in [0.2, 0.25) is 0 Å². The molecule has 3 N–H and O–H groups in total. The molecule has 2 aromatic rings. The average molecular weight is 269 g/mol. The lowest BCUT2D eigenvalue weighted by Gasteiger charge is -2.16. The molecule has 0 saturated heterocycles. The molecular formula is C12H14ClFN4. The van der Waals surface area contributed by atoms with Gasteiger partial charge in [-0.3, -0.25) is 5.84 Å². The number of benzene rings is 1. The number of hydrogen-bond acceptors (Lipinski definition) is 3. The summed E-state index contributed by atoms with van der Waals surface area (Å²) >= 11 is 5.72. The van der Waals surface area contributed by atoms with E-state index in [-0.39, 0.29) is 11.9 Å². The van der Waals surface area contributed by atoms with E-state index < -0.39 is 0 Å². The Labute approximate surface area is 110 Å². The minimum atomic E-state index is -0.336. The predicted molar refractivity (Wildman–Crippen MR) is 68.4 cm³/mol. The lowest BCUT2D eigenvalue weighted by molar-refractivity contribution is 0.494. The van der Waals surface area contributed by atoms with E-state index in [1.165, 1.54) is 6.07 Å². The molecule has 0 aliphatic rings. The zero-order chi connectivity index (χ0) is 13.1. The molecule has 1 atom stereocenters. The first-order chi connectivity index (χ1) is 8.61. The first-order valence-corrected chi connectivity index (χ1v) is 5.87. The summed E-state index contributed by atoms with van der Waals surface area (Å²) in [6, 6.07) is 4.36. The van der Waals surface area contributed by atoms with Crippen LogP contribution in [0.2, 0.25) is 5.02 Å². The van der Waals surface area contributed by atoms with E-state index >= 15 is 0 Å². The Balaban J connectivity index is 2.23. The van der Waals surface area contributed by atoms with Crippen LogP contribution >= 0.6 is 11.6 Å². The summed E-state index contributed by atoms with van der Waals surface area (Å²) < 4.78 is 15.6. The fourth-order valence-electron chi connectivity index (χ4n) is 1.84. The summed E-state index contributed by atoms with van der Waals surface area (Å²) in [5, 5.41) is 0.380. The second-order valence-electron chi connectivity index (χ2n) is 4.06. The van der Waals surface area contributed by atoms with Crippen molar-refractivity contribution in [2.75, 3.05) is 0 Å². The number of nitrogens with one attached hydrogen (secondary N) is 1. The number of imidazole rings is 1. The lowest BCUT2D eigenvalue weighted by atomic mass is 10.1. The number of hydrazine groups is 1. The summed E-state index contributed by atoms with van der Waals surface area (Å²) in [4.78, 5) is 4.20. The Kier molecular flexibility index (Phi) is 3.96. The quantitative estimate of drug-likeness (QED) is 0.658. The lowest BCUT2D eigenvalue weighted by Crippen LogP contribution is -2.31. The Hall–Kier alpha value is -1.43. The number of aromatic nitrogens is 2. The fraction of sp³-hybridized carbons (Fsp3) is 0.250. The summed E-state index contributed by atoms with van der Waals surface area (Å²) in [5.41, 5.74) is 3.20. The van der Waals surface area contributed by atoms with Crippen molar-refractivity contribution in [3.05, 3.63) is 52.8 Å². The van der Waals surface area contributed by atoms with Crippen molar-refractivity contribution in [2.45, 2.75) is 12.5 Å². The van der Waals surface area contributed by atoms with Crippen LogP contribution in [0.5, 0.6) is 0 Å². The topological polar surface area (TPSA) is 55.9 Å². The van der Waals surface area contributed by atoms with E-state index in [0.29, 0.717) is 17.0 Å². The van der Waals surface area contributed by atoms with Gasteiger partial charge in [-0.25, -0.2) is 14.8 Å². The molecule has 0 bridgehead atoms. The van der Waals surface area contributed by atoms with Crippen molar-refractivity contribution >= 4 is 11.6 Å². The van der Waals surface area contributed by atoms with Gasteiger partial charge in [-0.2, -0.15) is 0 Å². The molecule has 96 valence electrons. The van der Waals surface area contributed by atoms with Crippen molar-refractivity contribution in [3.8, 4) is 0 Å². The van der Waals surface area contributed by atoms with Crippen LogP contribution in [0.15, 0.2) is 30.6 Å². The number of rotatable bonds is 4. The molecule has 1 aromatic heterocycles. The monoisotopic (exact) mass is 268 g/mol. The highest BCUT2D eigenvalue weighted by atomic mass is 35.5. The molecule has 1 heterocycles. The number of aryl methyl sites for hydroxylation is 1. The third-order valence-corrected chi connectivity index (χ3v) is 3.05. The Morgan fingerprint density at radius 1 is 1.56 bits per heavy atom. The normalized spacial score (nSPS) is 12.7. The first-order valence-electron chi connectivity index (χ1n) is 5.49. The third-order valence-electron chi connectivity index (χ3n) is 2.81. The van der Waals surface area contributed by atoms with Crippen molar-refractivity contribution in [1.82, 2.24) is 15.0 Å². The van der Waals surface area contributed by atoms with E-state index in [9.17, 15) is 4.39 Å². The van der Waals surface area contributed by atoms with Gasteiger partial charge in [-0.1, -0.05) is 17.7 Å². The third kappa shape index (κ3) is 2.69. The Morgan fingerprint density at radius 3 is 2.89 bits per heavy atom. The molecule has 0 aliphatic carbocycles. The summed E-state index contributed by atoms with van der Waals surface area (Å²) in [6.07, 6.45) is 3.90. The molecule has 6 heteroatoms. The molecule has 0 saturated carbocycles. The predicted octanol–water partition coefficient (Wildman–Crippen LogP) is 1.96. The fourth-order valence-corrected chi connectivity index (χ4v) is 2.00. The van der Waals surface area contributed by atoms with Crippen molar-refractivity contribution < 1.29 is 4.39 Å². The molecule has 18 heavy (non-hydrogen) atoms. The van der Waals surface area contributed by atoms with Crippen molar-refractivity contribution in [1.29, 1.82) is 0 Å². The maximum absolute atomic E-state index is 13.7. The zero-order valence-corrected chi connectivity index (χ0v) is 10.7. The molecule has 1 aromatic carbocycles. The van der Waals surface area contributed by atoms with E-state index in [4.69, 9.17) is 17.4 Å². The number of nitrogens with two attached hydrogens (primary N) is 1. The first kappa shape index (κ1) is 13.0. The Morgan fingerprint density at radius 2 is 2.33 bits per heavy atom. The number of halogens is 2. The van der Waals surface area contributed by atoms with Crippen LogP contribution in [-0.4, -0.2) is 9.55 Å². The smallest absolute Gasteiger partial charge is 0.127 e. The average Bonchev–Trinajstić information content (AvgIpc) is 2.75. The second kappa shape index (κ2) is 5.48. The molecule has 0 radical (unpaired) electrons. The van der Waals surface area contributed by atoms with Gasteiger partial charge in [0.25, 0.3) is 0 Å². The van der Waals surface area contributed by atoms with E-state index in [0.717, 1.165) is 5.82 Å². The molecule has 0 fully saturated rings. The van der Waals surface area contributed by atoms with Gasteiger partial charge < -0.3 is 4.57 Å². The largest absolute Gasteiger partial charge is 0.337 e. The van der Waals surface area contributed by atoms with E-state index in [1.807, 2.05) is 17.8 Å². The van der Waals surface area contributed by atoms with Gasteiger partial charge in [0.1, 0.15) is 11.6 Å². The van der Waals surface area contributed by atoms with Crippen LogP contribution in [0.3, 0.4) is 0 Å². The van der Waals surface area contributed by atoms with Crippen LogP contribution < -0.4 is 11.3 Å². The summed E-state index contributed by atoms with van der Waals surface area (Å²) in [5.74, 6) is 5.93. The molecule has 1 unspecified atom stereocenters. The maximum atomic E-state index is 13.7. The van der Waals surface area contributed by atoms with E-state index in [2.05, 4.69) is 10.4 Å². The highest BCUT2D eigenvalue weighted by molar-refractivity contribution is 6.30. The van der Waals surface area contributed by atoms with Crippen LogP contribution in [0.25, 0.3) is 0 Å². The van der Waals surface area contributed by atoms with Crippen molar-refractivity contribution in [2.24, 2.45) is 12.9 Å². The minimum absolute atomic E-state index is 0.249. The van der Waals surface area contributed by atoms with Gasteiger partial charge in [0.05, 0.1) is 6.04 Å². The standard InChI is InChI=1S/C12H14ClFN4/c1-18-5-4-16-12(18)11(17-15)6-8-2-3-9(13)7-10(8)14/h2-5,7,11,17H,6,15H2,1H3. The summed E-state index contributed by atoms with van der Waals surface area (Å²) in [6.45, 7) is 0. The van der Waals surface area contributed by atoms with Crippen LogP contribution in [0.1, 0.15) is 17.4 Å². The molecule has 0 amide bonds. The summed E-state index contributed by atoms with van der Waals surface area (Å²) in [7, 11) is 1.87. The molecule has 4 nitrogen and oxygen atoms in total. The van der Waals surface area contributed by atoms with E-state index in [1.54, 1.807) is 18.3 Å².